The minimum absolute atomic E-state index is 0.0230. The van der Waals surface area contributed by atoms with Crippen LogP contribution < -0.4 is 20.5 Å². The molecule has 1 saturated heterocycles. The van der Waals surface area contributed by atoms with Crippen LogP contribution in [0.25, 0.3) is 11.5 Å². The van der Waals surface area contributed by atoms with E-state index in [1.54, 1.807) is 18.2 Å². The predicted octanol–water partition coefficient (Wildman–Crippen LogP) is 1.13. The van der Waals surface area contributed by atoms with Gasteiger partial charge in [0.2, 0.25) is 21.8 Å². The predicted molar refractivity (Wildman–Crippen MR) is 151 cm³/mol. The highest BCUT2D eigenvalue weighted by Crippen LogP contribution is 2.45. The number of nitrogens with zero attached hydrogens (tertiary/aromatic N) is 3. The summed E-state index contributed by atoms with van der Waals surface area (Å²) in [6.07, 6.45) is 5.09. The maximum Gasteiger partial charge on any atom is 0.317 e. The molecule has 1 aliphatic heterocycles. The van der Waals surface area contributed by atoms with E-state index < -0.39 is 68.1 Å². The fourth-order valence-electron chi connectivity index (χ4n) is 5.05. The van der Waals surface area contributed by atoms with Crippen LogP contribution in [0.15, 0.2) is 47.7 Å². The van der Waals surface area contributed by atoms with E-state index in [1.165, 1.54) is 23.4 Å². The Kier molecular flexibility index (Phi) is 7.64. The molecule has 5 rings (SSSR count). The zero-order valence-electron chi connectivity index (χ0n) is 23.8. The number of rotatable bonds is 10. The van der Waals surface area contributed by atoms with Crippen LogP contribution >= 0.6 is 0 Å². The lowest BCUT2D eigenvalue weighted by atomic mass is 9.86. The first-order chi connectivity index (χ1) is 19.7. The molecule has 0 radical (unpaired) electrons. The van der Waals surface area contributed by atoms with Crippen LogP contribution in [0.1, 0.15) is 46.5 Å². The lowest BCUT2D eigenvalue weighted by Gasteiger charge is -2.33. The molecule has 5 atom stereocenters. The van der Waals surface area contributed by atoms with E-state index in [0.29, 0.717) is 24.3 Å². The molecule has 2 unspecified atom stereocenters. The van der Waals surface area contributed by atoms with E-state index in [4.69, 9.17) is 14.9 Å². The Balaban J connectivity index is 1.36. The molecular weight excluding hydrogens is 564 g/mol. The third kappa shape index (κ3) is 5.91. The Hall–Kier alpha value is -3.78. The standard InChI is InChI=1S/C28H36N6O7S/c1-5-16-14-28(16,25(37)33-42(38,39)18-8-9-18)32-23(35)20-13-17(15-34(20)24(36)22(29)27(2,3)4)41-26-30-11-10-19(31-26)21-7-6-12-40-21/h5-7,10-12,16-18,20,22H,1,8-9,13-15,29H2,2-4H3,(H,32,35)(H,33,37)/t16?,17-,20?,22-,28-/m1/s1. The van der Waals surface area contributed by atoms with Crippen molar-refractivity contribution < 1.29 is 32.0 Å². The zero-order valence-corrected chi connectivity index (χ0v) is 24.6. The summed E-state index contributed by atoms with van der Waals surface area (Å²) in [5.41, 5.74) is 4.72. The summed E-state index contributed by atoms with van der Waals surface area (Å²) < 4.78 is 38.5. The fraction of sp³-hybridized carbons (Fsp3) is 0.536. The molecule has 3 amide bonds. The SMILES string of the molecule is C=CC1C[C@]1(NC(=O)C1C[C@@H](Oc2nccc(-c3ccco3)n2)CN1C(=O)[C@@H](N)C(C)(C)C)C(=O)NS(=O)(=O)C1CC1. The molecule has 2 saturated carbocycles. The summed E-state index contributed by atoms with van der Waals surface area (Å²) in [5.74, 6) is -1.84. The Morgan fingerprint density at radius 3 is 2.62 bits per heavy atom. The van der Waals surface area contributed by atoms with Crippen LogP contribution in [0.3, 0.4) is 0 Å². The summed E-state index contributed by atoms with van der Waals surface area (Å²) in [6.45, 7) is 9.21. The van der Waals surface area contributed by atoms with Crippen molar-refractivity contribution in [2.45, 2.75) is 75.4 Å². The third-order valence-electron chi connectivity index (χ3n) is 7.98. The third-order valence-corrected chi connectivity index (χ3v) is 9.79. The first-order valence-corrected chi connectivity index (χ1v) is 15.4. The Labute approximate surface area is 244 Å². The molecule has 3 aliphatic rings. The number of carbonyl (C=O) groups excluding carboxylic acids is 3. The van der Waals surface area contributed by atoms with E-state index in [9.17, 15) is 22.8 Å². The molecule has 0 bridgehead atoms. The number of likely N-dealkylation sites (tertiary alicyclic amines) is 1. The first kappa shape index (κ1) is 29.7. The normalized spacial score (nSPS) is 26.3. The molecule has 2 aromatic rings. The maximum absolute atomic E-state index is 13.8. The second-order valence-electron chi connectivity index (χ2n) is 12.2. The van der Waals surface area contributed by atoms with Gasteiger partial charge in [-0.15, -0.1) is 6.58 Å². The van der Waals surface area contributed by atoms with E-state index >= 15 is 0 Å². The Bertz CT molecular complexity index is 1480. The Morgan fingerprint density at radius 1 is 1.29 bits per heavy atom. The molecule has 0 spiro atoms. The highest BCUT2D eigenvalue weighted by molar-refractivity contribution is 7.91. The van der Waals surface area contributed by atoms with Gasteiger partial charge in [-0.1, -0.05) is 26.8 Å². The summed E-state index contributed by atoms with van der Waals surface area (Å²) in [4.78, 5) is 50.4. The van der Waals surface area contributed by atoms with Gasteiger partial charge in [0.15, 0.2) is 5.76 Å². The lowest BCUT2D eigenvalue weighted by Crippen LogP contribution is -2.59. The largest absolute Gasteiger partial charge is 0.463 e. The van der Waals surface area contributed by atoms with Gasteiger partial charge in [0.1, 0.15) is 23.4 Å². The number of hydrogen-bond acceptors (Lipinski definition) is 10. The first-order valence-electron chi connectivity index (χ1n) is 13.9. The van der Waals surface area contributed by atoms with Crippen molar-refractivity contribution in [3.05, 3.63) is 43.3 Å². The number of nitrogens with one attached hydrogen (secondary N) is 2. The van der Waals surface area contributed by atoms with Crippen LogP contribution in [0.2, 0.25) is 0 Å². The topological polar surface area (TPSA) is 187 Å². The second kappa shape index (κ2) is 10.8. The zero-order chi connectivity index (χ0) is 30.4. The average Bonchev–Trinajstić information content (AvgIpc) is 3.80. The Morgan fingerprint density at radius 2 is 2.02 bits per heavy atom. The molecule has 0 aromatic carbocycles. The summed E-state index contributed by atoms with van der Waals surface area (Å²) in [7, 11) is -3.84. The maximum atomic E-state index is 13.8. The van der Waals surface area contributed by atoms with Crippen molar-refractivity contribution in [3.8, 4) is 17.5 Å². The van der Waals surface area contributed by atoms with E-state index in [2.05, 4.69) is 26.6 Å². The van der Waals surface area contributed by atoms with E-state index in [-0.39, 0.29) is 25.4 Å². The van der Waals surface area contributed by atoms with Crippen molar-refractivity contribution in [2.75, 3.05) is 6.54 Å². The molecular formula is C28H36N6O7S. The van der Waals surface area contributed by atoms with E-state index in [0.717, 1.165) is 0 Å². The number of furan rings is 1. The number of aromatic nitrogens is 2. The summed E-state index contributed by atoms with van der Waals surface area (Å²) in [6, 6.07) is 3.21. The van der Waals surface area contributed by atoms with Gasteiger partial charge in [-0.3, -0.25) is 19.1 Å². The number of sulfonamides is 1. The number of ether oxygens (including phenoxy) is 1. The monoisotopic (exact) mass is 600 g/mol. The minimum Gasteiger partial charge on any atom is -0.463 e. The van der Waals surface area contributed by atoms with Gasteiger partial charge in [0.05, 0.1) is 24.1 Å². The highest BCUT2D eigenvalue weighted by atomic mass is 32.2. The van der Waals surface area contributed by atoms with Crippen molar-refractivity contribution in [2.24, 2.45) is 17.1 Å². The van der Waals surface area contributed by atoms with Crippen molar-refractivity contribution in [3.63, 3.8) is 0 Å². The molecule has 226 valence electrons. The quantitative estimate of drug-likeness (QED) is 0.334. The van der Waals surface area contributed by atoms with Gasteiger partial charge in [0, 0.05) is 18.5 Å². The molecule has 4 N–H and O–H groups in total. The smallest absolute Gasteiger partial charge is 0.317 e. The van der Waals surface area contributed by atoms with Crippen LogP contribution in [0.5, 0.6) is 6.01 Å². The van der Waals surface area contributed by atoms with Gasteiger partial charge < -0.3 is 25.1 Å². The van der Waals surface area contributed by atoms with Crippen molar-refractivity contribution in [1.82, 2.24) is 24.9 Å². The fourth-order valence-corrected chi connectivity index (χ4v) is 6.42. The number of carbonyl (C=O) groups is 3. The second-order valence-corrected chi connectivity index (χ2v) is 14.2. The van der Waals surface area contributed by atoms with Gasteiger partial charge in [0.25, 0.3) is 5.91 Å². The van der Waals surface area contributed by atoms with Crippen molar-refractivity contribution >= 4 is 27.7 Å². The van der Waals surface area contributed by atoms with Crippen LogP contribution in [-0.2, 0) is 24.4 Å². The van der Waals surface area contributed by atoms with Crippen molar-refractivity contribution in [1.29, 1.82) is 0 Å². The van der Waals surface area contributed by atoms with Crippen LogP contribution in [0.4, 0.5) is 0 Å². The highest BCUT2D eigenvalue weighted by Gasteiger charge is 2.62. The molecule has 42 heavy (non-hydrogen) atoms. The van der Waals surface area contributed by atoms with Crippen LogP contribution in [0, 0.1) is 11.3 Å². The minimum atomic E-state index is -3.84. The van der Waals surface area contributed by atoms with Gasteiger partial charge >= 0.3 is 6.01 Å². The molecule has 2 aromatic heterocycles. The number of amides is 3. The summed E-state index contributed by atoms with van der Waals surface area (Å²) >= 11 is 0. The molecule has 13 nitrogen and oxygen atoms in total. The van der Waals surface area contributed by atoms with Gasteiger partial charge in [-0.25, -0.2) is 13.4 Å². The lowest BCUT2D eigenvalue weighted by molar-refractivity contribution is -0.142. The van der Waals surface area contributed by atoms with E-state index in [1.807, 2.05) is 20.8 Å². The number of hydrogen-bond donors (Lipinski definition) is 3. The van der Waals surface area contributed by atoms with Crippen LogP contribution in [-0.4, -0.2) is 76.5 Å². The molecule has 3 fully saturated rings. The van der Waals surface area contributed by atoms with Gasteiger partial charge in [-0.2, -0.15) is 4.98 Å². The molecule has 2 aliphatic carbocycles. The molecule has 3 heterocycles. The molecule has 14 heteroatoms. The van der Waals surface area contributed by atoms with Gasteiger partial charge in [-0.05, 0) is 42.9 Å². The number of nitrogens with two attached hydrogens (primary N) is 1. The summed E-state index contributed by atoms with van der Waals surface area (Å²) in [5, 5.41) is 2.14. The average molecular weight is 601 g/mol.